The summed E-state index contributed by atoms with van der Waals surface area (Å²) < 4.78 is 34.0. The van der Waals surface area contributed by atoms with Crippen LogP contribution in [0.4, 0.5) is 15.0 Å². The fraction of sp³-hybridized carbons (Fsp3) is 0.581. The minimum absolute atomic E-state index is 0.0214. The number of carbonyl (C=O) groups is 1. The Labute approximate surface area is 280 Å². The van der Waals surface area contributed by atoms with Crippen molar-refractivity contribution in [3.8, 4) is 11.4 Å². The van der Waals surface area contributed by atoms with Crippen LogP contribution in [0.25, 0.3) is 16.7 Å². The van der Waals surface area contributed by atoms with Gasteiger partial charge >= 0.3 is 11.8 Å². The number of anilines is 1. The number of piperazine rings is 1. The number of pyridine rings is 2. The lowest BCUT2D eigenvalue weighted by molar-refractivity contribution is 0.0130. The summed E-state index contributed by atoms with van der Waals surface area (Å²) in [5, 5.41) is -0.232. The van der Waals surface area contributed by atoms with Gasteiger partial charge in [-0.2, -0.15) is 4.98 Å². The van der Waals surface area contributed by atoms with Gasteiger partial charge in [-0.25, -0.2) is 28.5 Å². The molecule has 0 aliphatic carbocycles. The number of amides is 1. The summed E-state index contributed by atoms with van der Waals surface area (Å²) in [6.45, 7) is 21.0. The third kappa shape index (κ3) is 7.58. The van der Waals surface area contributed by atoms with Gasteiger partial charge in [-0.1, -0.05) is 44.0 Å². The van der Waals surface area contributed by atoms with Crippen molar-refractivity contribution >= 4 is 54.5 Å². The summed E-state index contributed by atoms with van der Waals surface area (Å²) in [7, 11) is -2.02. The van der Waals surface area contributed by atoms with E-state index in [4.69, 9.17) is 37.1 Å². The molecule has 1 aliphatic rings. The monoisotopic (exact) mass is 696 g/mol. The molecule has 0 N–H and O–H groups in total. The number of hydrogen-bond acceptors (Lipinski definition) is 9. The maximum atomic E-state index is 15.0. The smallest absolute Gasteiger partial charge is 0.410 e. The van der Waals surface area contributed by atoms with Gasteiger partial charge in [0.15, 0.2) is 30.1 Å². The largest absolute Gasteiger partial charge is 0.489 e. The Kier molecular flexibility index (Phi) is 10.3. The minimum atomic E-state index is -2.02. The van der Waals surface area contributed by atoms with E-state index in [0.29, 0.717) is 13.2 Å². The highest BCUT2D eigenvalue weighted by Gasteiger charge is 2.38. The van der Waals surface area contributed by atoms with Crippen LogP contribution in [0.5, 0.6) is 5.75 Å². The van der Waals surface area contributed by atoms with Gasteiger partial charge in [-0.05, 0) is 58.8 Å². The van der Waals surface area contributed by atoms with Crippen LogP contribution in [0.1, 0.15) is 55.4 Å². The van der Waals surface area contributed by atoms with Crippen molar-refractivity contribution in [3.63, 3.8) is 0 Å². The van der Waals surface area contributed by atoms with Crippen LogP contribution < -0.4 is 15.3 Å². The molecule has 0 radical (unpaired) electrons. The Hall–Kier alpha value is -3.00. The lowest BCUT2D eigenvalue weighted by atomic mass is 10.1. The first-order valence-corrected chi connectivity index (χ1v) is 18.8. The Morgan fingerprint density at radius 2 is 1.72 bits per heavy atom. The number of carbonyl (C=O) groups excluding carboxylic acids is 1. The summed E-state index contributed by atoms with van der Waals surface area (Å²) in [5.74, 6) is -0.341. The number of rotatable bonds is 7. The first-order chi connectivity index (χ1) is 21.2. The molecule has 0 aromatic carbocycles. The molecule has 1 fully saturated rings. The van der Waals surface area contributed by atoms with Gasteiger partial charge in [0, 0.05) is 37.4 Å². The van der Waals surface area contributed by atoms with E-state index in [0.717, 1.165) is 4.57 Å². The number of ether oxygens (including phenoxy) is 2. The predicted octanol–water partition coefficient (Wildman–Crippen LogP) is 6.86. The zero-order chi connectivity index (χ0) is 34.4. The van der Waals surface area contributed by atoms with E-state index in [1.165, 1.54) is 12.3 Å². The normalized spacial score (nSPS) is 17.8. The van der Waals surface area contributed by atoms with E-state index < -0.39 is 36.7 Å². The van der Waals surface area contributed by atoms with Gasteiger partial charge < -0.3 is 23.7 Å². The fourth-order valence-electron chi connectivity index (χ4n) is 4.90. The van der Waals surface area contributed by atoms with Crippen molar-refractivity contribution in [2.45, 2.75) is 91.2 Å². The molecule has 0 spiro atoms. The van der Waals surface area contributed by atoms with E-state index in [2.05, 4.69) is 48.8 Å². The Morgan fingerprint density at radius 1 is 1.04 bits per heavy atom. The Morgan fingerprint density at radius 3 is 2.35 bits per heavy atom. The van der Waals surface area contributed by atoms with Gasteiger partial charge in [0.1, 0.15) is 29.5 Å². The second-order valence-corrected chi connectivity index (χ2v) is 19.6. The standard InChI is InChI=1S/C31H43Cl2FN6O5Si/c1-18-17-39(29(42)45-30(3,4)5)19(2)16-38(18)26-20-15-21(34)24(32)36-27(20)40(28(41)37-26)23-22(11-12-35-25(23)33)43-13-14-44-46(9,10)31(6,7)8/h11-12,15,18-19H,13-14,16-17H2,1-10H3. The van der Waals surface area contributed by atoms with Gasteiger partial charge in [-0.3, -0.25) is 0 Å². The van der Waals surface area contributed by atoms with Crippen LogP contribution in [0.2, 0.25) is 28.4 Å². The summed E-state index contributed by atoms with van der Waals surface area (Å²) in [6.07, 6.45) is 1.02. The Bertz CT molecular complexity index is 1680. The molecule has 0 bridgehead atoms. The molecule has 1 amide bonds. The SMILES string of the molecule is CC1CN(c2nc(=O)n(-c3c(OCCO[Si](C)(C)C(C)(C)C)ccnc3Cl)c3nc(Cl)c(F)cc23)C(C)CN1C(=O)OC(C)(C)C. The molecule has 2 atom stereocenters. The van der Waals surface area contributed by atoms with Crippen molar-refractivity contribution in [2.24, 2.45) is 0 Å². The summed E-state index contributed by atoms with van der Waals surface area (Å²) in [6, 6.07) is 2.15. The minimum Gasteiger partial charge on any atom is -0.489 e. The molecule has 4 rings (SSSR count). The lowest BCUT2D eigenvalue weighted by Crippen LogP contribution is -2.59. The first kappa shape index (κ1) is 35.8. The van der Waals surface area contributed by atoms with Crippen molar-refractivity contribution in [1.29, 1.82) is 0 Å². The third-order valence-electron chi connectivity index (χ3n) is 8.32. The summed E-state index contributed by atoms with van der Waals surface area (Å²) in [4.78, 5) is 43.2. The zero-order valence-electron chi connectivity index (χ0n) is 28.1. The van der Waals surface area contributed by atoms with Crippen LogP contribution in [0, 0.1) is 5.82 Å². The van der Waals surface area contributed by atoms with Crippen LogP contribution >= 0.6 is 23.2 Å². The predicted molar refractivity (Wildman–Crippen MR) is 181 cm³/mol. The molecule has 3 aromatic rings. The Balaban J connectivity index is 1.75. The number of halogens is 3. The van der Waals surface area contributed by atoms with Gasteiger partial charge in [0.05, 0.1) is 12.0 Å². The van der Waals surface area contributed by atoms with E-state index in [-0.39, 0.29) is 63.7 Å². The number of fused-ring (bicyclic) bond motifs is 1. The van der Waals surface area contributed by atoms with Crippen molar-refractivity contribution in [2.75, 3.05) is 31.2 Å². The average molecular weight is 698 g/mol. The molecule has 46 heavy (non-hydrogen) atoms. The molecule has 1 aliphatic heterocycles. The molecule has 11 nitrogen and oxygen atoms in total. The van der Waals surface area contributed by atoms with Crippen LogP contribution in [0.3, 0.4) is 0 Å². The van der Waals surface area contributed by atoms with E-state index in [1.54, 1.807) is 31.7 Å². The van der Waals surface area contributed by atoms with Gasteiger partial charge in [0.2, 0.25) is 0 Å². The molecule has 1 saturated heterocycles. The van der Waals surface area contributed by atoms with Crippen molar-refractivity contribution in [3.05, 3.63) is 44.9 Å². The van der Waals surface area contributed by atoms with E-state index in [9.17, 15) is 9.59 Å². The average Bonchev–Trinajstić information content (AvgIpc) is 2.92. The molecule has 4 heterocycles. The van der Waals surface area contributed by atoms with Crippen LogP contribution in [-0.4, -0.2) is 82.8 Å². The van der Waals surface area contributed by atoms with E-state index >= 15 is 4.39 Å². The van der Waals surface area contributed by atoms with E-state index in [1.807, 2.05) is 18.7 Å². The molecular weight excluding hydrogens is 654 g/mol. The molecule has 15 heteroatoms. The highest BCUT2D eigenvalue weighted by atomic mass is 35.5. The van der Waals surface area contributed by atoms with Crippen LogP contribution in [0.15, 0.2) is 23.1 Å². The van der Waals surface area contributed by atoms with Crippen LogP contribution in [-0.2, 0) is 9.16 Å². The third-order valence-corrected chi connectivity index (χ3v) is 13.4. The maximum absolute atomic E-state index is 15.0. The molecule has 252 valence electrons. The van der Waals surface area contributed by atoms with Gasteiger partial charge in [-0.15, -0.1) is 0 Å². The highest BCUT2D eigenvalue weighted by molar-refractivity contribution is 6.74. The highest BCUT2D eigenvalue weighted by Crippen LogP contribution is 2.37. The number of nitrogens with zero attached hydrogens (tertiary/aromatic N) is 6. The summed E-state index contributed by atoms with van der Waals surface area (Å²) in [5.41, 5.74) is -1.29. The molecular formula is C31H43Cl2FN6O5Si. The second kappa shape index (κ2) is 13.2. The topological polar surface area (TPSA) is 112 Å². The molecule has 3 aromatic heterocycles. The number of aromatic nitrogens is 4. The fourth-order valence-corrected chi connectivity index (χ4v) is 6.29. The van der Waals surface area contributed by atoms with Crippen molar-refractivity contribution < 1.29 is 23.1 Å². The quantitative estimate of drug-likeness (QED) is 0.149. The number of hydrogen-bond donors (Lipinski definition) is 0. The molecule has 0 saturated carbocycles. The first-order valence-electron chi connectivity index (χ1n) is 15.2. The maximum Gasteiger partial charge on any atom is 0.410 e. The summed E-state index contributed by atoms with van der Waals surface area (Å²) >= 11 is 12.7. The molecule has 2 unspecified atom stereocenters. The lowest BCUT2D eigenvalue weighted by Gasteiger charge is -2.44. The second-order valence-electron chi connectivity index (χ2n) is 14.1. The van der Waals surface area contributed by atoms with Crippen molar-refractivity contribution in [1.82, 2.24) is 24.4 Å². The van der Waals surface area contributed by atoms with Gasteiger partial charge in [0.25, 0.3) is 0 Å². The zero-order valence-corrected chi connectivity index (χ0v) is 30.6.